The number of methoxy groups -OCH3 is 1. The van der Waals surface area contributed by atoms with Gasteiger partial charge in [-0.05, 0) is 36.7 Å². The van der Waals surface area contributed by atoms with Gasteiger partial charge in [-0.2, -0.15) is 0 Å². The van der Waals surface area contributed by atoms with E-state index in [1.165, 1.54) is 5.56 Å². The third kappa shape index (κ3) is 3.51. The molecule has 1 aliphatic carbocycles. The van der Waals surface area contributed by atoms with Gasteiger partial charge in [0.15, 0.2) is 5.60 Å². The Morgan fingerprint density at radius 2 is 1.78 bits per heavy atom. The van der Waals surface area contributed by atoms with Crippen molar-refractivity contribution in [2.75, 3.05) is 46.9 Å². The van der Waals surface area contributed by atoms with Crippen molar-refractivity contribution < 1.29 is 14.6 Å². The highest BCUT2D eigenvalue weighted by atomic mass is 79.9. The molecule has 4 atom stereocenters. The Morgan fingerprint density at radius 1 is 1.06 bits per heavy atom. The minimum atomic E-state index is -1.30. The molecule has 2 aliphatic heterocycles. The summed E-state index contributed by atoms with van der Waals surface area (Å²) < 4.78 is 13.7. The van der Waals surface area contributed by atoms with E-state index in [2.05, 4.69) is 74.2 Å². The normalized spacial score (nSPS) is 30.0. The molecule has 3 heterocycles. The number of piperazine rings is 1. The standard InChI is InChI=1S/C29H32BrN3O3/c1-32-12-14-33(15-13-32)19-22-16-24(20-6-4-3-5-7-20)29(21-8-10-23(30)11-9-21)28(22,34)27-25(35-2)17-31-18-26(27)36-29/h3-11,17-18,22,24,34H,12-16,19H2,1-2H3. The number of benzene rings is 2. The molecule has 36 heavy (non-hydrogen) atoms. The zero-order valence-electron chi connectivity index (χ0n) is 20.7. The van der Waals surface area contributed by atoms with Crippen LogP contribution >= 0.6 is 15.9 Å². The lowest BCUT2D eigenvalue weighted by Gasteiger charge is -2.43. The Morgan fingerprint density at radius 3 is 2.47 bits per heavy atom. The van der Waals surface area contributed by atoms with Crippen molar-refractivity contribution >= 4 is 15.9 Å². The molecule has 3 aliphatic rings. The van der Waals surface area contributed by atoms with E-state index < -0.39 is 11.2 Å². The summed E-state index contributed by atoms with van der Waals surface area (Å²) in [6.45, 7) is 4.84. The first-order chi connectivity index (χ1) is 17.5. The second-order valence-corrected chi connectivity index (χ2v) is 11.2. The third-order valence-corrected chi connectivity index (χ3v) is 8.99. The second-order valence-electron chi connectivity index (χ2n) is 10.3. The number of aromatic nitrogens is 1. The van der Waals surface area contributed by atoms with Crippen LogP contribution < -0.4 is 9.47 Å². The van der Waals surface area contributed by atoms with Gasteiger partial charge in [-0.15, -0.1) is 0 Å². The van der Waals surface area contributed by atoms with Crippen LogP contribution in [-0.2, 0) is 11.2 Å². The minimum Gasteiger partial charge on any atom is -0.495 e. The number of likely N-dealkylation sites (N-methyl/N-ethyl adjacent to an activating group) is 1. The van der Waals surface area contributed by atoms with Crippen molar-refractivity contribution in [2.24, 2.45) is 5.92 Å². The van der Waals surface area contributed by atoms with Gasteiger partial charge < -0.3 is 24.4 Å². The number of hydrogen-bond acceptors (Lipinski definition) is 6. The molecular weight excluding hydrogens is 518 g/mol. The molecule has 188 valence electrons. The fraction of sp³-hybridized carbons (Fsp3) is 0.414. The SMILES string of the molecule is COc1cncc2c1C1(O)C(CN3CCN(C)CC3)CC(c3ccccc3)C1(c1ccc(Br)cc1)O2. The predicted octanol–water partition coefficient (Wildman–Crippen LogP) is 4.38. The van der Waals surface area contributed by atoms with Gasteiger partial charge >= 0.3 is 0 Å². The van der Waals surface area contributed by atoms with Gasteiger partial charge in [0.1, 0.15) is 17.1 Å². The summed E-state index contributed by atoms with van der Waals surface area (Å²) in [5.74, 6) is 1.06. The molecule has 2 fully saturated rings. The molecule has 1 saturated heterocycles. The number of ether oxygens (including phenoxy) is 2. The first kappa shape index (κ1) is 23.9. The molecule has 3 aromatic rings. The summed E-state index contributed by atoms with van der Waals surface area (Å²) in [5.41, 5.74) is 0.542. The number of halogens is 1. The van der Waals surface area contributed by atoms with Crippen LogP contribution in [0.25, 0.3) is 0 Å². The van der Waals surface area contributed by atoms with Crippen LogP contribution in [0.5, 0.6) is 11.5 Å². The summed E-state index contributed by atoms with van der Waals surface area (Å²) in [6.07, 6.45) is 4.22. The highest BCUT2D eigenvalue weighted by Crippen LogP contribution is 2.70. The molecule has 0 spiro atoms. The summed E-state index contributed by atoms with van der Waals surface area (Å²) in [6, 6.07) is 18.7. The Labute approximate surface area is 221 Å². The van der Waals surface area contributed by atoms with Crippen molar-refractivity contribution in [3.63, 3.8) is 0 Å². The van der Waals surface area contributed by atoms with Crippen LogP contribution in [0, 0.1) is 5.92 Å². The van der Waals surface area contributed by atoms with Gasteiger partial charge in [-0.1, -0.05) is 58.4 Å². The van der Waals surface area contributed by atoms with Gasteiger partial charge in [-0.3, -0.25) is 4.98 Å². The van der Waals surface area contributed by atoms with E-state index in [-0.39, 0.29) is 11.8 Å². The van der Waals surface area contributed by atoms with Crippen molar-refractivity contribution in [3.05, 3.63) is 88.2 Å². The van der Waals surface area contributed by atoms with Crippen LogP contribution in [0.4, 0.5) is 0 Å². The Hall–Kier alpha value is -2.45. The zero-order chi connectivity index (χ0) is 24.9. The fourth-order valence-electron chi connectivity index (χ4n) is 6.72. The monoisotopic (exact) mass is 549 g/mol. The van der Waals surface area contributed by atoms with Crippen LogP contribution in [-0.4, -0.2) is 66.8 Å². The maximum atomic E-state index is 13.2. The number of pyridine rings is 1. The number of rotatable bonds is 5. The average Bonchev–Trinajstić information content (AvgIpc) is 3.31. The predicted molar refractivity (Wildman–Crippen MR) is 142 cm³/mol. The summed E-state index contributed by atoms with van der Waals surface area (Å²) in [7, 11) is 3.81. The summed E-state index contributed by atoms with van der Waals surface area (Å²) in [5, 5.41) is 13.2. The molecule has 0 amide bonds. The molecule has 1 N–H and O–H groups in total. The van der Waals surface area contributed by atoms with Crippen molar-refractivity contribution in [1.82, 2.24) is 14.8 Å². The Bertz CT molecular complexity index is 1230. The van der Waals surface area contributed by atoms with E-state index in [1.807, 2.05) is 18.2 Å². The number of aliphatic hydroxyl groups is 1. The molecule has 2 aromatic carbocycles. The summed E-state index contributed by atoms with van der Waals surface area (Å²) in [4.78, 5) is 9.24. The second kappa shape index (κ2) is 9.14. The molecule has 0 bridgehead atoms. The lowest BCUT2D eigenvalue weighted by Crippen LogP contribution is -2.53. The Balaban J connectivity index is 1.56. The first-order valence-corrected chi connectivity index (χ1v) is 13.4. The van der Waals surface area contributed by atoms with Crippen LogP contribution in [0.15, 0.2) is 71.5 Å². The van der Waals surface area contributed by atoms with Crippen molar-refractivity contribution in [3.8, 4) is 11.5 Å². The van der Waals surface area contributed by atoms with E-state index in [0.29, 0.717) is 11.5 Å². The maximum absolute atomic E-state index is 13.2. The van der Waals surface area contributed by atoms with E-state index in [4.69, 9.17) is 9.47 Å². The fourth-order valence-corrected chi connectivity index (χ4v) is 6.98. The van der Waals surface area contributed by atoms with Crippen molar-refractivity contribution in [2.45, 2.75) is 23.5 Å². The zero-order valence-corrected chi connectivity index (χ0v) is 22.3. The molecule has 7 heteroatoms. The number of fused-ring (bicyclic) bond motifs is 3. The average molecular weight is 550 g/mol. The molecule has 1 saturated carbocycles. The highest BCUT2D eigenvalue weighted by Gasteiger charge is 2.73. The minimum absolute atomic E-state index is 0.0561. The van der Waals surface area contributed by atoms with E-state index in [0.717, 1.165) is 54.7 Å². The van der Waals surface area contributed by atoms with Crippen LogP contribution in [0.1, 0.15) is 29.0 Å². The summed E-state index contributed by atoms with van der Waals surface area (Å²) >= 11 is 3.59. The lowest BCUT2D eigenvalue weighted by atomic mass is 9.70. The van der Waals surface area contributed by atoms with Gasteiger partial charge in [0, 0.05) is 49.0 Å². The van der Waals surface area contributed by atoms with Crippen LogP contribution in [0.2, 0.25) is 0 Å². The van der Waals surface area contributed by atoms with E-state index in [9.17, 15) is 5.11 Å². The van der Waals surface area contributed by atoms with E-state index in [1.54, 1.807) is 19.5 Å². The van der Waals surface area contributed by atoms with Gasteiger partial charge in [0.05, 0.1) is 25.1 Å². The quantitative estimate of drug-likeness (QED) is 0.509. The Kier molecular flexibility index (Phi) is 6.07. The maximum Gasteiger partial charge on any atom is 0.174 e. The van der Waals surface area contributed by atoms with Crippen LogP contribution in [0.3, 0.4) is 0 Å². The first-order valence-electron chi connectivity index (χ1n) is 12.6. The lowest BCUT2D eigenvalue weighted by molar-refractivity contribution is -0.132. The van der Waals surface area contributed by atoms with Gasteiger partial charge in [0.25, 0.3) is 0 Å². The molecule has 6 rings (SSSR count). The number of nitrogens with zero attached hydrogens (tertiary/aromatic N) is 3. The van der Waals surface area contributed by atoms with E-state index >= 15 is 0 Å². The molecular formula is C29H32BrN3O3. The van der Waals surface area contributed by atoms with Gasteiger partial charge in [-0.25, -0.2) is 0 Å². The molecule has 6 nitrogen and oxygen atoms in total. The van der Waals surface area contributed by atoms with Crippen molar-refractivity contribution in [1.29, 1.82) is 0 Å². The molecule has 4 unspecified atom stereocenters. The highest BCUT2D eigenvalue weighted by molar-refractivity contribution is 9.10. The smallest absolute Gasteiger partial charge is 0.174 e. The largest absolute Gasteiger partial charge is 0.495 e. The molecule has 0 radical (unpaired) electrons. The molecule has 1 aromatic heterocycles. The third-order valence-electron chi connectivity index (χ3n) is 8.47. The topological polar surface area (TPSA) is 58.1 Å². The van der Waals surface area contributed by atoms with Gasteiger partial charge in [0.2, 0.25) is 0 Å². The number of hydrogen-bond donors (Lipinski definition) is 1.